The summed E-state index contributed by atoms with van der Waals surface area (Å²) in [7, 11) is 0. The molecule has 1 saturated carbocycles. The summed E-state index contributed by atoms with van der Waals surface area (Å²) < 4.78 is 0. The molecule has 2 aliphatic heterocycles. The fourth-order valence-electron chi connectivity index (χ4n) is 3.31. The van der Waals surface area contributed by atoms with Crippen molar-refractivity contribution in [3.8, 4) is 0 Å². The number of aliphatic hydroxyl groups is 1. The van der Waals surface area contributed by atoms with E-state index in [-0.39, 0.29) is 6.10 Å². The first-order valence-corrected chi connectivity index (χ1v) is 5.51. The average molecular weight is 182 g/mol. The van der Waals surface area contributed by atoms with Crippen LogP contribution in [0.2, 0.25) is 0 Å². The summed E-state index contributed by atoms with van der Waals surface area (Å²) in [5.74, 6) is 0.966. The molecule has 3 rings (SSSR count). The van der Waals surface area contributed by atoms with Gasteiger partial charge in [0, 0.05) is 31.7 Å². The van der Waals surface area contributed by atoms with E-state index >= 15 is 0 Å². The summed E-state index contributed by atoms with van der Waals surface area (Å²) >= 11 is 0. The highest BCUT2D eigenvalue weighted by Gasteiger charge is 2.47. The van der Waals surface area contributed by atoms with Crippen LogP contribution in [0.25, 0.3) is 0 Å². The maximum Gasteiger partial charge on any atom is 0.0831 e. The smallest absolute Gasteiger partial charge is 0.0831 e. The lowest BCUT2D eigenvalue weighted by atomic mass is 9.89. The number of β-amino-alcohol motifs (C(OH)–C–C–N with tert-alkyl or cyclic N) is 1. The van der Waals surface area contributed by atoms with Crippen molar-refractivity contribution in [1.29, 1.82) is 0 Å². The third kappa shape index (κ3) is 1.14. The molecule has 1 aliphatic carbocycles. The number of nitrogens with zero attached hydrogens (tertiary/aromatic N) is 1. The number of hydrogen-bond acceptors (Lipinski definition) is 3. The predicted octanol–water partition coefficient (Wildman–Crippen LogP) is -0.197. The summed E-state index contributed by atoms with van der Waals surface area (Å²) in [5, 5.41) is 13.0. The van der Waals surface area contributed by atoms with Crippen LogP contribution in [0.5, 0.6) is 0 Å². The van der Waals surface area contributed by atoms with Crippen molar-refractivity contribution in [2.75, 3.05) is 19.6 Å². The number of rotatable bonds is 1. The maximum atomic E-state index is 9.74. The first-order valence-electron chi connectivity index (χ1n) is 5.51. The Balaban J connectivity index is 1.66. The van der Waals surface area contributed by atoms with Gasteiger partial charge in [-0.1, -0.05) is 6.42 Å². The first kappa shape index (κ1) is 8.21. The minimum Gasteiger partial charge on any atom is -0.390 e. The van der Waals surface area contributed by atoms with Gasteiger partial charge < -0.3 is 10.4 Å². The van der Waals surface area contributed by atoms with Crippen molar-refractivity contribution in [3.63, 3.8) is 0 Å². The molecule has 0 bridgehead atoms. The van der Waals surface area contributed by atoms with Crippen LogP contribution in [0.1, 0.15) is 19.3 Å². The molecule has 13 heavy (non-hydrogen) atoms. The van der Waals surface area contributed by atoms with Crippen LogP contribution < -0.4 is 5.32 Å². The Hall–Kier alpha value is -0.120. The highest BCUT2D eigenvalue weighted by Crippen LogP contribution is 2.40. The standard InChI is InChI=1S/C10H18N2O/c13-10-5-11-4-9(10)12-6-7-2-1-3-8(7)12/h7-11,13H,1-6H2/t7?,8?,9-,10-/m1/s1. The Bertz CT molecular complexity index is 209. The fourth-order valence-corrected chi connectivity index (χ4v) is 3.31. The van der Waals surface area contributed by atoms with Crippen molar-refractivity contribution >= 4 is 0 Å². The van der Waals surface area contributed by atoms with Gasteiger partial charge in [-0.05, 0) is 18.8 Å². The molecule has 3 fully saturated rings. The number of aliphatic hydroxyl groups excluding tert-OH is 1. The van der Waals surface area contributed by atoms with E-state index in [4.69, 9.17) is 0 Å². The zero-order valence-corrected chi connectivity index (χ0v) is 7.95. The molecular formula is C10H18N2O. The monoisotopic (exact) mass is 182 g/mol. The summed E-state index contributed by atoms with van der Waals surface area (Å²) in [6.45, 7) is 3.02. The lowest BCUT2D eigenvalue weighted by Crippen LogP contribution is -2.60. The van der Waals surface area contributed by atoms with Gasteiger partial charge in [0.1, 0.15) is 0 Å². The van der Waals surface area contributed by atoms with Crippen LogP contribution in [0.4, 0.5) is 0 Å². The Morgan fingerprint density at radius 3 is 2.77 bits per heavy atom. The number of likely N-dealkylation sites (tertiary alicyclic amines) is 1. The van der Waals surface area contributed by atoms with Crippen molar-refractivity contribution in [2.24, 2.45) is 5.92 Å². The van der Waals surface area contributed by atoms with Gasteiger partial charge in [-0.2, -0.15) is 0 Å². The van der Waals surface area contributed by atoms with Gasteiger partial charge in [-0.25, -0.2) is 0 Å². The highest BCUT2D eigenvalue weighted by atomic mass is 16.3. The normalized spacial score (nSPS) is 50.5. The molecule has 2 N–H and O–H groups in total. The molecule has 2 unspecified atom stereocenters. The van der Waals surface area contributed by atoms with Crippen molar-refractivity contribution in [3.05, 3.63) is 0 Å². The Kier molecular flexibility index (Phi) is 1.86. The zero-order chi connectivity index (χ0) is 8.84. The fraction of sp³-hybridized carbons (Fsp3) is 1.00. The first-order chi connectivity index (χ1) is 6.36. The molecule has 3 aliphatic rings. The van der Waals surface area contributed by atoms with Crippen molar-refractivity contribution in [2.45, 2.75) is 37.5 Å². The van der Waals surface area contributed by atoms with E-state index in [1.807, 2.05) is 0 Å². The lowest BCUT2D eigenvalue weighted by Gasteiger charge is -2.48. The van der Waals surface area contributed by atoms with Crippen LogP contribution in [0, 0.1) is 5.92 Å². The number of hydrogen-bond donors (Lipinski definition) is 2. The molecule has 0 aromatic carbocycles. The van der Waals surface area contributed by atoms with E-state index < -0.39 is 0 Å². The third-order valence-corrected chi connectivity index (χ3v) is 4.07. The number of nitrogens with one attached hydrogen (secondary N) is 1. The van der Waals surface area contributed by atoms with Crippen LogP contribution in [0.15, 0.2) is 0 Å². The van der Waals surface area contributed by atoms with Gasteiger partial charge >= 0.3 is 0 Å². The second-order valence-corrected chi connectivity index (χ2v) is 4.75. The second-order valence-electron chi connectivity index (χ2n) is 4.75. The lowest BCUT2D eigenvalue weighted by molar-refractivity contribution is -0.0345. The van der Waals surface area contributed by atoms with Gasteiger partial charge in [0.25, 0.3) is 0 Å². The molecule has 0 spiro atoms. The molecule has 4 atom stereocenters. The molecule has 3 heteroatoms. The van der Waals surface area contributed by atoms with Gasteiger partial charge in [0.2, 0.25) is 0 Å². The summed E-state index contributed by atoms with van der Waals surface area (Å²) in [6, 6.07) is 1.24. The molecule has 2 saturated heterocycles. The van der Waals surface area contributed by atoms with E-state index in [2.05, 4.69) is 10.2 Å². The van der Waals surface area contributed by atoms with Crippen molar-refractivity contribution < 1.29 is 5.11 Å². The van der Waals surface area contributed by atoms with E-state index in [1.54, 1.807) is 0 Å². The minimum atomic E-state index is -0.124. The second kappa shape index (κ2) is 2.94. The Labute approximate surface area is 79.1 Å². The third-order valence-electron chi connectivity index (χ3n) is 4.07. The summed E-state index contributed by atoms with van der Waals surface area (Å²) in [5.41, 5.74) is 0. The minimum absolute atomic E-state index is 0.124. The van der Waals surface area contributed by atoms with Gasteiger partial charge in [-0.3, -0.25) is 4.90 Å². The van der Waals surface area contributed by atoms with Crippen LogP contribution in [-0.2, 0) is 0 Å². The summed E-state index contributed by atoms with van der Waals surface area (Å²) in [4.78, 5) is 2.53. The topological polar surface area (TPSA) is 35.5 Å². The van der Waals surface area contributed by atoms with Gasteiger partial charge in [-0.15, -0.1) is 0 Å². The molecule has 0 aromatic heterocycles. The van der Waals surface area contributed by atoms with Gasteiger partial charge in [0.05, 0.1) is 6.10 Å². The molecule has 0 radical (unpaired) electrons. The Morgan fingerprint density at radius 2 is 2.08 bits per heavy atom. The molecule has 3 nitrogen and oxygen atoms in total. The maximum absolute atomic E-state index is 9.74. The molecule has 74 valence electrons. The largest absolute Gasteiger partial charge is 0.390 e. The number of fused-ring (bicyclic) bond motifs is 1. The van der Waals surface area contributed by atoms with E-state index in [0.717, 1.165) is 25.0 Å². The quantitative estimate of drug-likeness (QED) is 0.590. The van der Waals surface area contributed by atoms with Crippen LogP contribution in [-0.4, -0.2) is 47.8 Å². The predicted molar refractivity (Wildman–Crippen MR) is 50.5 cm³/mol. The van der Waals surface area contributed by atoms with Crippen LogP contribution >= 0.6 is 0 Å². The Morgan fingerprint density at radius 1 is 1.15 bits per heavy atom. The molecular weight excluding hydrogens is 164 g/mol. The summed E-state index contributed by atoms with van der Waals surface area (Å²) in [6.07, 6.45) is 4.08. The van der Waals surface area contributed by atoms with E-state index in [0.29, 0.717) is 6.04 Å². The average Bonchev–Trinajstić information content (AvgIpc) is 2.62. The van der Waals surface area contributed by atoms with Crippen molar-refractivity contribution in [1.82, 2.24) is 10.2 Å². The van der Waals surface area contributed by atoms with E-state index in [1.165, 1.54) is 25.8 Å². The van der Waals surface area contributed by atoms with Gasteiger partial charge in [0.15, 0.2) is 0 Å². The molecule has 0 aromatic rings. The van der Waals surface area contributed by atoms with Crippen LogP contribution in [0.3, 0.4) is 0 Å². The zero-order valence-electron chi connectivity index (χ0n) is 7.95. The SMILES string of the molecule is O[C@@H]1CNC[C@H]1N1CC2CCCC21. The highest BCUT2D eigenvalue weighted by molar-refractivity contribution is 5.02. The van der Waals surface area contributed by atoms with E-state index in [9.17, 15) is 5.11 Å². The molecule has 0 amide bonds. The molecule has 2 heterocycles.